The summed E-state index contributed by atoms with van der Waals surface area (Å²) in [6.45, 7) is 0. The molecule has 0 aliphatic rings. The van der Waals surface area contributed by atoms with Crippen LogP contribution in [0.2, 0.25) is 0 Å². The summed E-state index contributed by atoms with van der Waals surface area (Å²) < 4.78 is 14.3. The van der Waals surface area contributed by atoms with Crippen molar-refractivity contribution in [2.75, 3.05) is 0 Å². The minimum absolute atomic E-state index is 0.116. The van der Waals surface area contributed by atoms with Crippen molar-refractivity contribution in [3.63, 3.8) is 0 Å². The number of nitrogens with zero attached hydrogens (tertiary/aromatic N) is 2. The van der Waals surface area contributed by atoms with Crippen molar-refractivity contribution in [2.24, 2.45) is 7.05 Å². The Labute approximate surface area is 68.0 Å². The fraction of sp³-hybridized carbons (Fsp3) is 0.125. The van der Waals surface area contributed by atoms with Crippen LogP contribution in [-0.2, 0) is 7.05 Å². The van der Waals surface area contributed by atoms with Gasteiger partial charge in [0.05, 0.1) is 10.9 Å². The van der Waals surface area contributed by atoms with E-state index >= 15 is 0 Å². The summed E-state index contributed by atoms with van der Waals surface area (Å²) in [7, 11) is 1.63. The molecule has 62 valence electrons. The highest BCUT2D eigenvalue weighted by Crippen LogP contribution is 2.20. The molecule has 0 saturated carbocycles. The van der Waals surface area contributed by atoms with Crippen molar-refractivity contribution in [1.82, 2.24) is 9.78 Å². The van der Waals surface area contributed by atoms with Gasteiger partial charge < -0.3 is 5.11 Å². The Morgan fingerprint density at radius 3 is 3.00 bits per heavy atom. The molecule has 12 heavy (non-hydrogen) atoms. The largest absolute Gasteiger partial charge is 0.508 e. The highest BCUT2D eigenvalue weighted by molar-refractivity contribution is 5.80. The van der Waals surface area contributed by atoms with Gasteiger partial charge in [-0.25, -0.2) is 0 Å². The molecule has 0 aliphatic heterocycles. The van der Waals surface area contributed by atoms with E-state index in [9.17, 15) is 4.39 Å². The van der Waals surface area contributed by atoms with Crippen LogP contribution < -0.4 is 0 Å². The SMILES string of the molecule is Cn1nc(F)c2ccc(O)cc21. The maximum Gasteiger partial charge on any atom is 0.240 e. The first-order valence-corrected chi connectivity index (χ1v) is 3.50. The fourth-order valence-electron chi connectivity index (χ4n) is 1.20. The molecule has 1 aromatic heterocycles. The molecule has 0 bridgehead atoms. The number of phenolic OH excluding ortho intramolecular Hbond substituents is 1. The van der Waals surface area contributed by atoms with Gasteiger partial charge in [0.1, 0.15) is 5.75 Å². The summed E-state index contributed by atoms with van der Waals surface area (Å²) in [5.41, 5.74) is 0.590. The number of hydrogen-bond donors (Lipinski definition) is 1. The van der Waals surface area contributed by atoms with Crippen LogP contribution >= 0.6 is 0 Å². The third kappa shape index (κ3) is 0.845. The summed E-state index contributed by atoms with van der Waals surface area (Å²) in [6, 6.07) is 4.42. The van der Waals surface area contributed by atoms with Crippen LogP contribution in [0.15, 0.2) is 18.2 Å². The molecule has 0 radical (unpaired) electrons. The first-order chi connectivity index (χ1) is 5.68. The number of rotatable bonds is 0. The second-order valence-corrected chi connectivity index (χ2v) is 2.62. The molecule has 0 saturated heterocycles. The van der Waals surface area contributed by atoms with Crippen molar-refractivity contribution in [2.45, 2.75) is 0 Å². The number of aromatic nitrogens is 2. The van der Waals surface area contributed by atoms with E-state index in [1.54, 1.807) is 7.05 Å². The number of fused-ring (bicyclic) bond motifs is 1. The van der Waals surface area contributed by atoms with Crippen molar-refractivity contribution >= 4 is 10.9 Å². The zero-order valence-electron chi connectivity index (χ0n) is 6.45. The zero-order chi connectivity index (χ0) is 8.72. The lowest BCUT2D eigenvalue weighted by molar-refractivity contribution is 0.476. The highest BCUT2D eigenvalue weighted by Gasteiger charge is 2.07. The lowest BCUT2D eigenvalue weighted by Crippen LogP contribution is -1.89. The molecule has 0 amide bonds. The number of halogens is 1. The second-order valence-electron chi connectivity index (χ2n) is 2.62. The monoisotopic (exact) mass is 166 g/mol. The molecular formula is C8H7FN2O. The Bertz CT molecular complexity index is 436. The van der Waals surface area contributed by atoms with Gasteiger partial charge in [0, 0.05) is 13.1 Å². The molecule has 1 aromatic carbocycles. The van der Waals surface area contributed by atoms with Gasteiger partial charge in [-0.1, -0.05) is 0 Å². The van der Waals surface area contributed by atoms with Crippen molar-refractivity contribution < 1.29 is 9.50 Å². The van der Waals surface area contributed by atoms with E-state index in [2.05, 4.69) is 5.10 Å². The van der Waals surface area contributed by atoms with E-state index < -0.39 is 5.95 Å². The number of hydrogen-bond acceptors (Lipinski definition) is 2. The Hall–Kier alpha value is -1.58. The van der Waals surface area contributed by atoms with Gasteiger partial charge in [0.25, 0.3) is 0 Å². The van der Waals surface area contributed by atoms with Crippen LogP contribution in [0.1, 0.15) is 0 Å². The molecule has 0 spiro atoms. The van der Waals surface area contributed by atoms with Crippen molar-refractivity contribution in [1.29, 1.82) is 0 Å². The molecule has 3 nitrogen and oxygen atoms in total. The Kier molecular flexibility index (Phi) is 1.30. The lowest BCUT2D eigenvalue weighted by atomic mass is 10.2. The fourth-order valence-corrected chi connectivity index (χ4v) is 1.20. The van der Waals surface area contributed by atoms with Gasteiger partial charge in [-0.05, 0) is 12.1 Å². The molecule has 0 unspecified atom stereocenters. The number of aryl methyl sites for hydroxylation is 1. The quantitative estimate of drug-likeness (QED) is 0.642. The average molecular weight is 166 g/mol. The van der Waals surface area contributed by atoms with Gasteiger partial charge in [-0.15, -0.1) is 5.10 Å². The number of phenols is 1. The minimum Gasteiger partial charge on any atom is -0.508 e. The first kappa shape index (κ1) is 7.09. The second kappa shape index (κ2) is 2.20. The third-order valence-electron chi connectivity index (χ3n) is 1.79. The van der Waals surface area contributed by atoms with E-state index in [1.807, 2.05) is 0 Å². The topological polar surface area (TPSA) is 38.0 Å². The Balaban J connectivity index is 2.90. The molecule has 1 heterocycles. The molecule has 0 aliphatic carbocycles. The summed E-state index contributed by atoms with van der Waals surface area (Å²) in [5, 5.41) is 13.1. The zero-order valence-corrected chi connectivity index (χ0v) is 6.45. The summed E-state index contributed by atoms with van der Waals surface area (Å²) in [6.07, 6.45) is 0. The summed E-state index contributed by atoms with van der Waals surface area (Å²) >= 11 is 0. The predicted octanol–water partition coefficient (Wildman–Crippen LogP) is 1.42. The lowest BCUT2D eigenvalue weighted by Gasteiger charge is -1.93. The molecule has 4 heteroatoms. The van der Waals surface area contributed by atoms with Crippen LogP contribution in [0.3, 0.4) is 0 Å². The summed E-state index contributed by atoms with van der Waals surface area (Å²) in [4.78, 5) is 0. The van der Waals surface area contributed by atoms with E-state index in [0.29, 0.717) is 10.9 Å². The van der Waals surface area contributed by atoms with Crippen LogP contribution in [0.5, 0.6) is 5.75 Å². The van der Waals surface area contributed by atoms with Gasteiger partial charge in [-0.2, -0.15) is 4.39 Å². The highest BCUT2D eigenvalue weighted by atomic mass is 19.1. The van der Waals surface area contributed by atoms with Crippen LogP contribution in [0.4, 0.5) is 4.39 Å². The summed E-state index contributed by atoms with van der Waals surface area (Å²) in [5.74, 6) is -0.391. The Morgan fingerprint density at radius 1 is 1.50 bits per heavy atom. The molecule has 0 atom stereocenters. The number of aromatic hydroxyl groups is 1. The molecule has 0 fully saturated rings. The van der Waals surface area contributed by atoms with Crippen LogP contribution in [-0.4, -0.2) is 14.9 Å². The molecule has 2 rings (SSSR count). The van der Waals surface area contributed by atoms with E-state index in [4.69, 9.17) is 5.11 Å². The third-order valence-corrected chi connectivity index (χ3v) is 1.79. The van der Waals surface area contributed by atoms with Crippen LogP contribution in [0.25, 0.3) is 10.9 Å². The van der Waals surface area contributed by atoms with Crippen LogP contribution in [0, 0.1) is 5.95 Å². The normalized spacial score (nSPS) is 10.8. The number of benzene rings is 1. The van der Waals surface area contributed by atoms with Gasteiger partial charge in [0.2, 0.25) is 5.95 Å². The predicted molar refractivity (Wildman–Crippen MR) is 42.3 cm³/mol. The van der Waals surface area contributed by atoms with E-state index in [-0.39, 0.29) is 5.75 Å². The average Bonchev–Trinajstić information content (AvgIpc) is 2.28. The van der Waals surface area contributed by atoms with Gasteiger partial charge in [-0.3, -0.25) is 4.68 Å². The smallest absolute Gasteiger partial charge is 0.240 e. The van der Waals surface area contributed by atoms with Crippen molar-refractivity contribution in [3.8, 4) is 5.75 Å². The maximum atomic E-state index is 12.9. The van der Waals surface area contributed by atoms with Crippen molar-refractivity contribution in [3.05, 3.63) is 24.1 Å². The first-order valence-electron chi connectivity index (χ1n) is 3.50. The minimum atomic E-state index is -0.507. The van der Waals surface area contributed by atoms with Gasteiger partial charge in [0.15, 0.2) is 0 Å². The Morgan fingerprint density at radius 2 is 2.25 bits per heavy atom. The van der Waals surface area contributed by atoms with Gasteiger partial charge >= 0.3 is 0 Å². The standard InChI is InChI=1S/C8H7FN2O/c1-11-7-4-5(12)2-3-6(7)8(9)10-11/h2-4,12H,1H3. The molecular weight excluding hydrogens is 159 g/mol. The molecule has 1 N–H and O–H groups in total. The maximum absolute atomic E-state index is 12.9. The molecule has 2 aromatic rings. The van der Waals surface area contributed by atoms with E-state index in [1.165, 1.54) is 22.9 Å². The van der Waals surface area contributed by atoms with E-state index in [0.717, 1.165) is 0 Å².